The van der Waals surface area contributed by atoms with Crippen LogP contribution < -0.4 is 14.9 Å². The minimum absolute atomic E-state index is 0.145. The zero-order valence-electron chi connectivity index (χ0n) is 16.6. The van der Waals surface area contributed by atoms with Crippen molar-refractivity contribution in [2.75, 3.05) is 7.11 Å². The Hall–Kier alpha value is -4.81. The highest BCUT2D eigenvalue weighted by molar-refractivity contribution is 5.96. The zero-order chi connectivity index (χ0) is 23.1. The lowest BCUT2D eigenvalue weighted by molar-refractivity contribution is -0.394. The number of nitrogens with zero attached hydrogens (tertiary/aromatic N) is 5. The van der Waals surface area contributed by atoms with Gasteiger partial charge in [-0.1, -0.05) is 0 Å². The standard InChI is InChI=1S/C19H16N6O7/c1-31-17-4-3-13(7-18(17)32-12-23-6-2-5-21-23)11-20-22-19(26)14-8-15(24(27)28)10-16(9-14)25(29)30/h2-11H,12H2,1H3,(H,22,26)/b20-11+. The normalized spacial score (nSPS) is 10.7. The molecule has 32 heavy (non-hydrogen) atoms. The predicted octanol–water partition coefficient (Wildman–Crippen LogP) is 2.51. The molecule has 3 rings (SSSR count). The van der Waals surface area contributed by atoms with Crippen molar-refractivity contribution in [2.24, 2.45) is 5.10 Å². The molecule has 0 aliphatic heterocycles. The Morgan fingerprint density at radius 3 is 2.47 bits per heavy atom. The lowest BCUT2D eigenvalue weighted by atomic mass is 10.1. The van der Waals surface area contributed by atoms with Crippen LogP contribution in [0.5, 0.6) is 11.5 Å². The summed E-state index contributed by atoms with van der Waals surface area (Å²) in [5.41, 5.74) is 1.29. The molecule has 0 spiro atoms. The second-order valence-corrected chi connectivity index (χ2v) is 6.18. The van der Waals surface area contributed by atoms with Crippen LogP contribution in [0.25, 0.3) is 0 Å². The summed E-state index contributed by atoms with van der Waals surface area (Å²) in [5, 5.41) is 29.7. The fourth-order valence-electron chi connectivity index (χ4n) is 2.57. The second-order valence-electron chi connectivity index (χ2n) is 6.18. The van der Waals surface area contributed by atoms with Gasteiger partial charge in [-0.15, -0.1) is 0 Å². The van der Waals surface area contributed by atoms with E-state index in [0.717, 1.165) is 18.2 Å². The average molecular weight is 440 g/mol. The third-order valence-electron chi connectivity index (χ3n) is 4.07. The summed E-state index contributed by atoms with van der Waals surface area (Å²) in [5.74, 6) is 0.0338. The summed E-state index contributed by atoms with van der Waals surface area (Å²) < 4.78 is 12.5. The number of methoxy groups -OCH3 is 1. The molecule has 13 heteroatoms. The van der Waals surface area contributed by atoms with E-state index in [0.29, 0.717) is 17.1 Å². The van der Waals surface area contributed by atoms with Gasteiger partial charge in [0.1, 0.15) is 0 Å². The van der Waals surface area contributed by atoms with Crippen molar-refractivity contribution in [3.05, 3.63) is 86.2 Å². The fourth-order valence-corrected chi connectivity index (χ4v) is 2.57. The van der Waals surface area contributed by atoms with E-state index >= 15 is 0 Å². The Kier molecular flexibility index (Phi) is 6.70. The van der Waals surface area contributed by atoms with Crippen molar-refractivity contribution >= 4 is 23.5 Å². The third-order valence-corrected chi connectivity index (χ3v) is 4.07. The number of carbonyl (C=O) groups excluding carboxylic acids is 1. The maximum atomic E-state index is 12.3. The molecule has 1 N–H and O–H groups in total. The molecule has 0 unspecified atom stereocenters. The smallest absolute Gasteiger partial charge is 0.277 e. The lowest BCUT2D eigenvalue weighted by Crippen LogP contribution is -2.18. The summed E-state index contributed by atoms with van der Waals surface area (Å²) in [6.45, 7) is 0.145. The number of nitrogens with one attached hydrogen (secondary N) is 1. The number of aromatic nitrogens is 2. The number of ether oxygens (including phenoxy) is 2. The van der Waals surface area contributed by atoms with Crippen molar-refractivity contribution in [3.63, 3.8) is 0 Å². The minimum Gasteiger partial charge on any atom is -0.493 e. The van der Waals surface area contributed by atoms with E-state index in [1.807, 2.05) is 0 Å². The third kappa shape index (κ3) is 5.41. The van der Waals surface area contributed by atoms with Crippen LogP contribution in [0.4, 0.5) is 11.4 Å². The molecule has 0 radical (unpaired) electrons. The summed E-state index contributed by atoms with van der Waals surface area (Å²) >= 11 is 0. The molecule has 2 aromatic carbocycles. The number of carbonyl (C=O) groups is 1. The minimum atomic E-state index is -0.850. The van der Waals surface area contributed by atoms with Gasteiger partial charge in [-0.3, -0.25) is 25.0 Å². The number of amides is 1. The average Bonchev–Trinajstić information content (AvgIpc) is 3.31. The van der Waals surface area contributed by atoms with E-state index < -0.39 is 27.1 Å². The molecule has 0 fully saturated rings. The number of hydrazone groups is 1. The molecule has 1 amide bonds. The number of rotatable bonds is 9. The van der Waals surface area contributed by atoms with Crippen LogP contribution in [0.2, 0.25) is 0 Å². The van der Waals surface area contributed by atoms with Crippen LogP contribution in [-0.2, 0) is 6.73 Å². The van der Waals surface area contributed by atoms with Crippen molar-refractivity contribution < 1.29 is 24.1 Å². The highest BCUT2D eigenvalue weighted by Gasteiger charge is 2.19. The summed E-state index contributed by atoms with van der Waals surface area (Å²) in [6.07, 6.45) is 4.65. The molecule has 0 aliphatic rings. The highest BCUT2D eigenvalue weighted by Crippen LogP contribution is 2.28. The molecule has 3 aromatic rings. The van der Waals surface area contributed by atoms with Crippen LogP contribution in [0.15, 0.2) is 60.0 Å². The molecular weight excluding hydrogens is 424 g/mol. The van der Waals surface area contributed by atoms with Crippen molar-refractivity contribution in [1.29, 1.82) is 0 Å². The van der Waals surface area contributed by atoms with E-state index in [4.69, 9.17) is 9.47 Å². The zero-order valence-corrected chi connectivity index (χ0v) is 16.6. The SMILES string of the molecule is COc1ccc(/C=N/NC(=O)c2cc([N+](=O)[O-])cc([N+](=O)[O-])c2)cc1OCn1cccn1. The van der Waals surface area contributed by atoms with Gasteiger partial charge < -0.3 is 9.47 Å². The van der Waals surface area contributed by atoms with Crippen LogP contribution in [0.3, 0.4) is 0 Å². The summed E-state index contributed by atoms with van der Waals surface area (Å²) in [7, 11) is 1.49. The van der Waals surface area contributed by atoms with E-state index in [2.05, 4.69) is 15.6 Å². The topological polar surface area (TPSA) is 164 Å². The molecule has 0 aliphatic carbocycles. The molecule has 0 atom stereocenters. The molecule has 1 heterocycles. The van der Waals surface area contributed by atoms with Crippen molar-refractivity contribution in [2.45, 2.75) is 6.73 Å². The molecular formula is C19H16N6O7. The maximum Gasteiger partial charge on any atom is 0.277 e. The summed E-state index contributed by atoms with van der Waals surface area (Å²) in [6, 6.07) is 9.29. The first kappa shape index (κ1) is 21.9. The summed E-state index contributed by atoms with van der Waals surface area (Å²) in [4.78, 5) is 32.5. The number of non-ortho nitro benzene ring substituents is 2. The number of hydrogen-bond donors (Lipinski definition) is 1. The van der Waals surface area contributed by atoms with Crippen LogP contribution >= 0.6 is 0 Å². The molecule has 164 valence electrons. The van der Waals surface area contributed by atoms with Crippen molar-refractivity contribution in [1.82, 2.24) is 15.2 Å². The molecule has 0 saturated carbocycles. The van der Waals surface area contributed by atoms with Gasteiger partial charge in [-0.05, 0) is 29.8 Å². The van der Waals surface area contributed by atoms with Gasteiger partial charge in [-0.25, -0.2) is 10.1 Å². The first-order chi connectivity index (χ1) is 15.4. The number of nitro groups is 2. The predicted molar refractivity (Wildman–Crippen MR) is 111 cm³/mol. The highest BCUT2D eigenvalue weighted by atomic mass is 16.6. The van der Waals surface area contributed by atoms with Crippen LogP contribution in [0, 0.1) is 20.2 Å². The quantitative estimate of drug-likeness (QED) is 0.301. The van der Waals surface area contributed by atoms with Crippen molar-refractivity contribution in [3.8, 4) is 11.5 Å². The number of nitro benzene ring substituents is 2. The Bertz CT molecular complexity index is 1140. The van der Waals surface area contributed by atoms with Gasteiger partial charge >= 0.3 is 0 Å². The lowest BCUT2D eigenvalue weighted by Gasteiger charge is -2.11. The van der Waals surface area contributed by atoms with Gasteiger partial charge in [0.05, 0.1) is 34.8 Å². The van der Waals surface area contributed by atoms with Gasteiger partial charge in [0.25, 0.3) is 17.3 Å². The van der Waals surface area contributed by atoms with E-state index in [-0.39, 0.29) is 12.3 Å². The first-order valence-corrected chi connectivity index (χ1v) is 8.93. The van der Waals surface area contributed by atoms with E-state index in [1.54, 1.807) is 41.3 Å². The Labute approximate surface area is 180 Å². The molecule has 0 bridgehead atoms. The Balaban J connectivity index is 1.72. The van der Waals surface area contributed by atoms with Gasteiger partial charge in [0.15, 0.2) is 18.2 Å². The van der Waals surface area contributed by atoms with E-state index in [9.17, 15) is 25.0 Å². The molecule has 0 saturated heterocycles. The van der Waals surface area contributed by atoms with Crippen LogP contribution in [0.1, 0.15) is 15.9 Å². The Morgan fingerprint density at radius 2 is 1.88 bits per heavy atom. The van der Waals surface area contributed by atoms with Gasteiger partial charge in [-0.2, -0.15) is 10.2 Å². The van der Waals surface area contributed by atoms with E-state index in [1.165, 1.54) is 13.3 Å². The Morgan fingerprint density at radius 1 is 1.16 bits per heavy atom. The van der Waals surface area contributed by atoms with Gasteiger partial charge in [0, 0.05) is 24.5 Å². The number of hydrogen-bond acceptors (Lipinski definition) is 9. The van der Waals surface area contributed by atoms with Gasteiger partial charge in [0.2, 0.25) is 0 Å². The second kappa shape index (κ2) is 9.80. The monoisotopic (exact) mass is 440 g/mol. The molecule has 13 nitrogen and oxygen atoms in total. The molecule has 1 aromatic heterocycles. The first-order valence-electron chi connectivity index (χ1n) is 8.93. The van der Waals surface area contributed by atoms with Crippen LogP contribution in [-0.4, -0.2) is 38.9 Å². The maximum absolute atomic E-state index is 12.3. The fraction of sp³-hybridized carbons (Fsp3) is 0.105. The number of benzene rings is 2. The largest absolute Gasteiger partial charge is 0.493 e.